The molecule has 0 aliphatic rings. The summed E-state index contributed by atoms with van der Waals surface area (Å²) in [5.41, 5.74) is 5.53. The molecule has 0 unspecified atom stereocenters. The number of nitrogens with zero attached hydrogens (tertiary/aromatic N) is 6. The molecule has 0 saturated heterocycles. The van der Waals surface area contributed by atoms with Gasteiger partial charge in [0.25, 0.3) is 0 Å². The monoisotopic (exact) mass is 720 g/mol. The van der Waals surface area contributed by atoms with Crippen LogP contribution in [0.4, 0.5) is 0 Å². The van der Waals surface area contributed by atoms with E-state index in [9.17, 15) is 0 Å². The summed E-state index contributed by atoms with van der Waals surface area (Å²) in [6.45, 7) is 11.7. The molecular formula is C32H34Br2N6O2Si. The smallest absolute Gasteiger partial charge is 0.192 e. The minimum absolute atomic E-state index is 0.0727. The standard InChI is InChI=1S/C19H24BrN3OSi.C13H10BrN3O/c1-19(2,3)25(4,5)24-13-16-11-17(8-9-21-16)23-18-10-15(20)7-6-14(18)12-22-23;14-10-2-1-9-7-16-17(13(9)5-10)12-3-4-15-11(6-12)8-18/h6-12H,13H2,1-5H3;1-7,18H,8H2. The van der Waals surface area contributed by atoms with Gasteiger partial charge in [0, 0.05) is 32.1 Å². The Morgan fingerprint density at radius 3 is 1.72 bits per heavy atom. The summed E-state index contributed by atoms with van der Waals surface area (Å²) in [4.78, 5) is 8.54. The Balaban J connectivity index is 0.000000180. The van der Waals surface area contributed by atoms with Crippen LogP contribution < -0.4 is 0 Å². The number of aromatic nitrogens is 6. The van der Waals surface area contributed by atoms with Crippen LogP contribution in [0.15, 0.2) is 94.4 Å². The lowest BCUT2D eigenvalue weighted by atomic mass is 10.2. The number of hydrogen-bond donors (Lipinski definition) is 1. The maximum absolute atomic E-state index is 9.12. The van der Waals surface area contributed by atoms with Gasteiger partial charge in [0.1, 0.15) is 0 Å². The van der Waals surface area contributed by atoms with E-state index < -0.39 is 8.32 Å². The van der Waals surface area contributed by atoms with Gasteiger partial charge in [-0.25, -0.2) is 9.36 Å². The quantitative estimate of drug-likeness (QED) is 0.174. The average Bonchev–Trinajstić information content (AvgIpc) is 3.60. The van der Waals surface area contributed by atoms with E-state index in [1.165, 1.54) is 0 Å². The summed E-state index contributed by atoms with van der Waals surface area (Å²) < 4.78 is 12.1. The third-order valence-electron chi connectivity index (χ3n) is 7.70. The van der Waals surface area contributed by atoms with Gasteiger partial charge in [0.05, 0.1) is 59.4 Å². The molecule has 0 aliphatic heterocycles. The summed E-state index contributed by atoms with van der Waals surface area (Å²) in [5, 5.41) is 20.4. The Kier molecular flexibility index (Phi) is 9.28. The zero-order valence-electron chi connectivity index (χ0n) is 24.8. The van der Waals surface area contributed by atoms with Crippen LogP contribution in [-0.4, -0.2) is 43.0 Å². The maximum atomic E-state index is 9.12. The molecule has 0 radical (unpaired) electrons. The lowest BCUT2D eigenvalue weighted by molar-refractivity contribution is 0.272. The predicted molar refractivity (Wildman–Crippen MR) is 181 cm³/mol. The van der Waals surface area contributed by atoms with Crippen LogP contribution in [-0.2, 0) is 17.6 Å². The van der Waals surface area contributed by atoms with Crippen molar-refractivity contribution in [2.45, 2.75) is 52.1 Å². The van der Waals surface area contributed by atoms with E-state index in [0.29, 0.717) is 12.3 Å². The lowest BCUT2D eigenvalue weighted by Crippen LogP contribution is -2.40. The van der Waals surface area contributed by atoms with Crippen molar-refractivity contribution in [3.63, 3.8) is 0 Å². The molecule has 8 nitrogen and oxygen atoms in total. The first-order valence-corrected chi connectivity index (χ1v) is 18.4. The number of pyridine rings is 2. The second-order valence-electron chi connectivity index (χ2n) is 11.7. The molecule has 6 aromatic rings. The fourth-order valence-electron chi connectivity index (χ4n) is 4.23. The fourth-order valence-corrected chi connectivity index (χ4v) is 5.87. The van der Waals surface area contributed by atoms with Gasteiger partial charge >= 0.3 is 0 Å². The number of benzene rings is 2. The highest BCUT2D eigenvalue weighted by Crippen LogP contribution is 2.37. The first-order valence-electron chi connectivity index (χ1n) is 13.9. The van der Waals surface area contributed by atoms with Crippen LogP contribution >= 0.6 is 31.9 Å². The van der Waals surface area contributed by atoms with E-state index in [4.69, 9.17) is 9.53 Å². The van der Waals surface area contributed by atoms with E-state index >= 15 is 0 Å². The molecule has 0 atom stereocenters. The van der Waals surface area contributed by atoms with Gasteiger partial charge in [-0.05, 0) is 66.7 Å². The molecule has 0 bridgehead atoms. The van der Waals surface area contributed by atoms with Gasteiger partial charge in [-0.1, -0.05) is 64.8 Å². The third-order valence-corrected chi connectivity index (χ3v) is 13.2. The minimum atomic E-state index is -1.79. The van der Waals surface area contributed by atoms with Crippen LogP contribution in [0.1, 0.15) is 32.2 Å². The highest BCUT2D eigenvalue weighted by Gasteiger charge is 2.37. The zero-order chi connectivity index (χ0) is 30.8. The van der Waals surface area contributed by atoms with Crippen LogP contribution in [0, 0.1) is 0 Å². The van der Waals surface area contributed by atoms with Crippen molar-refractivity contribution in [2.75, 3.05) is 0 Å². The molecule has 43 heavy (non-hydrogen) atoms. The molecular weight excluding hydrogens is 688 g/mol. The normalized spacial score (nSPS) is 12.0. The Morgan fingerprint density at radius 2 is 1.23 bits per heavy atom. The lowest BCUT2D eigenvalue weighted by Gasteiger charge is -2.36. The predicted octanol–water partition coefficient (Wildman–Crippen LogP) is 8.38. The molecule has 4 heterocycles. The Labute approximate surface area is 269 Å². The van der Waals surface area contributed by atoms with Crippen molar-refractivity contribution < 1.29 is 9.53 Å². The van der Waals surface area contributed by atoms with E-state index in [1.807, 2.05) is 70.4 Å². The molecule has 2 aromatic carbocycles. The molecule has 11 heteroatoms. The number of aliphatic hydroxyl groups excluding tert-OH is 1. The van der Waals surface area contributed by atoms with E-state index in [0.717, 1.165) is 47.8 Å². The number of aliphatic hydroxyl groups is 1. The van der Waals surface area contributed by atoms with Crippen molar-refractivity contribution in [3.8, 4) is 11.4 Å². The van der Waals surface area contributed by atoms with E-state index in [2.05, 4.69) is 104 Å². The summed E-state index contributed by atoms with van der Waals surface area (Å²) in [7, 11) is -1.79. The summed E-state index contributed by atoms with van der Waals surface area (Å²) in [6, 6.07) is 19.9. The molecule has 0 fully saturated rings. The maximum Gasteiger partial charge on any atom is 0.192 e. The van der Waals surface area contributed by atoms with Crippen molar-refractivity contribution in [3.05, 3.63) is 106 Å². The number of hydrogen-bond acceptors (Lipinski definition) is 6. The van der Waals surface area contributed by atoms with Crippen molar-refractivity contribution in [2.24, 2.45) is 0 Å². The van der Waals surface area contributed by atoms with Crippen molar-refractivity contribution >= 4 is 62.0 Å². The number of fused-ring (bicyclic) bond motifs is 2. The highest BCUT2D eigenvalue weighted by molar-refractivity contribution is 9.10. The van der Waals surface area contributed by atoms with Crippen LogP contribution in [0.5, 0.6) is 0 Å². The summed E-state index contributed by atoms with van der Waals surface area (Å²) in [5.74, 6) is 0. The van der Waals surface area contributed by atoms with E-state index in [1.54, 1.807) is 6.20 Å². The Bertz CT molecular complexity index is 1880. The SMILES string of the molecule is CC(C)(C)[Si](C)(C)OCc1cc(-n2ncc3ccc(Br)cc32)ccn1.OCc1cc(-n2ncc3ccc(Br)cc32)ccn1. The molecule has 0 amide bonds. The summed E-state index contributed by atoms with van der Waals surface area (Å²) in [6.07, 6.45) is 7.20. The second kappa shape index (κ2) is 12.8. The Hall–Kier alpha value is -3.22. The van der Waals surface area contributed by atoms with Gasteiger partial charge in [0.2, 0.25) is 0 Å². The number of halogens is 2. The fraction of sp³-hybridized carbons (Fsp3) is 0.250. The van der Waals surface area contributed by atoms with Gasteiger partial charge in [-0.15, -0.1) is 0 Å². The van der Waals surface area contributed by atoms with Gasteiger partial charge in [-0.2, -0.15) is 10.2 Å². The highest BCUT2D eigenvalue weighted by atomic mass is 79.9. The molecule has 0 aliphatic carbocycles. The third kappa shape index (κ3) is 7.13. The second-order valence-corrected chi connectivity index (χ2v) is 18.4. The first-order chi connectivity index (χ1) is 20.4. The topological polar surface area (TPSA) is 90.9 Å². The average molecular weight is 723 g/mol. The van der Waals surface area contributed by atoms with Crippen molar-refractivity contribution in [1.82, 2.24) is 29.5 Å². The Morgan fingerprint density at radius 1 is 0.744 bits per heavy atom. The van der Waals surface area contributed by atoms with Gasteiger partial charge in [-0.3, -0.25) is 9.97 Å². The summed E-state index contributed by atoms with van der Waals surface area (Å²) >= 11 is 6.99. The van der Waals surface area contributed by atoms with Crippen molar-refractivity contribution in [1.29, 1.82) is 0 Å². The molecule has 4 aromatic heterocycles. The molecule has 0 saturated carbocycles. The van der Waals surface area contributed by atoms with Gasteiger partial charge in [0.15, 0.2) is 8.32 Å². The molecule has 1 N–H and O–H groups in total. The first kappa shape index (κ1) is 31.2. The number of rotatable bonds is 6. The van der Waals surface area contributed by atoms with Crippen LogP contribution in [0.3, 0.4) is 0 Å². The zero-order valence-corrected chi connectivity index (χ0v) is 29.0. The minimum Gasteiger partial charge on any atom is -0.411 e. The molecule has 0 spiro atoms. The molecule has 6 rings (SSSR count). The van der Waals surface area contributed by atoms with Gasteiger partial charge < -0.3 is 9.53 Å². The van der Waals surface area contributed by atoms with Crippen LogP contribution in [0.2, 0.25) is 18.1 Å². The van der Waals surface area contributed by atoms with Crippen LogP contribution in [0.25, 0.3) is 33.2 Å². The largest absolute Gasteiger partial charge is 0.411 e. The van der Waals surface area contributed by atoms with E-state index in [-0.39, 0.29) is 11.6 Å². The molecule has 222 valence electrons.